The fourth-order valence-electron chi connectivity index (χ4n) is 1.16. The Morgan fingerprint density at radius 2 is 1.32 bits per heavy atom. The van der Waals surface area contributed by atoms with Crippen molar-refractivity contribution in [3.63, 3.8) is 0 Å². The van der Waals surface area contributed by atoms with Crippen LogP contribution in [0.1, 0.15) is 29.7 Å². The zero-order valence-electron chi connectivity index (χ0n) is 18.5. The molecule has 0 aromatic rings. The molecule has 0 aromatic heterocycles. The molecular weight excluding hydrogens is 483 g/mol. The van der Waals surface area contributed by atoms with Crippen molar-refractivity contribution in [3.8, 4) is 95.2 Å². The van der Waals surface area contributed by atoms with Crippen molar-refractivity contribution in [1.29, 1.82) is 0 Å². The molecule has 0 aliphatic heterocycles. The van der Waals surface area contributed by atoms with Crippen LogP contribution < -0.4 is 75.1 Å². The van der Waals surface area contributed by atoms with Gasteiger partial charge in [-0.1, -0.05) is 5.92 Å². The number of phosphoric acid groups is 1. The summed E-state index contributed by atoms with van der Waals surface area (Å²) in [7, 11) is -5.37. The summed E-state index contributed by atoms with van der Waals surface area (Å²) in [6, 6.07) is 0. The third-order valence-corrected chi connectivity index (χ3v) is 2.65. The van der Waals surface area contributed by atoms with E-state index in [4.69, 9.17) is 11.2 Å². The molecule has 9 nitrogen and oxygen atoms in total. The minimum absolute atomic E-state index is 0. The number of carbonyl (C=O) groups is 2. The normalized spacial score (nSPS) is 7.82. The van der Waals surface area contributed by atoms with E-state index < -0.39 is 39.1 Å². The predicted octanol–water partition coefficient (Wildman–Crippen LogP) is -3.93. The van der Waals surface area contributed by atoms with Gasteiger partial charge in [0.05, 0.1) is 14.4 Å². The zero-order chi connectivity index (χ0) is 23.4. The summed E-state index contributed by atoms with van der Waals surface area (Å²) in [5.74, 6) is 31.1. The maximum atomic E-state index is 11.6. The molecule has 34 heavy (non-hydrogen) atoms. The molecule has 0 amide bonds. The van der Waals surface area contributed by atoms with Gasteiger partial charge in [0, 0.05) is 34.7 Å². The first-order valence-corrected chi connectivity index (χ1v) is 9.18. The Morgan fingerprint density at radius 3 is 1.82 bits per heavy atom. The van der Waals surface area contributed by atoms with Crippen LogP contribution in [-0.2, 0) is 28.2 Å². The zero-order valence-corrected chi connectivity index (χ0v) is 23.4. The van der Waals surface area contributed by atoms with Crippen molar-refractivity contribution in [2.45, 2.75) is 13.0 Å². The van der Waals surface area contributed by atoms with E-state index in [1.54, 1.807) is 6.92 Å². The molecule has 0 radical (unpaired) electrons. The number of esters is 2. The average molecular weight is 528 g/mol. The molecule has 0 aliphatic rings. The van der Waals surface area contributed by atoms with E-state index in [0.29, 0.717) is 0 Å². The molecule has 0 saturated heterocycles. The Hall–Kier alpha value is -2.51. The Kier molecular flexibility index (Phi) is 28.6. The molecule has 0 fully saturated rings. The van der Waals surface area contributed by atoms with Crippen molar-refractivity contribution in [1.82, 2.24) is 6.15 Å². The van der Waals surface area contributed by atoms with Crippen LogP contribution in [0.4, 0.5) is 0 Å². The molecule has 192 valence electrons. The maximum absolute atomic E-state index is 11.6. The van der Waals surface area contributed by atoms with Gasteiger partial charge in [0.15, 0.2) is 6.10 Å². The van der Waals surface area contributed by atoms with Crippen LogP contribution in [0, 0.1) is 95.2 Å². The second-order valence-electron chi connectivity index (χ2n) is 4.39. The fraction of sp³-hybridized carbons (Fsp3) is 0.182. The number of phosphoric ester groups is 1. The average Bonchev–Trinajstić information content (AvgIpc) is 2.71. The summed E-state index contributed by atoms with van der Waals surface area (Å²) in [4.78, 5) is 44.3. The van der Waals surface area contributed by atoms with E-state index in [1.807, 2.05) is 17.8 Å². The van der Waals surface area contributed by atoms with Crippen LogP contribution in [0.3, 0.4) is 0 Å². The van der Waals surface area contributed by atoms with Gasteiger partial charge in [0.1, 0.15) is 6.61 Å². The second kappa shape index (κ2) is 25.1. The van der Waals surface area contributed by atoms with Gasteiger partial charge in [-0.3, -0.25) is 0 Å². The molecule has 0 unspecified atom stereocenters. The molecule has 0 heterocycles. The summed E-state index contributed by atoms with van der Waals surface area (Å²) in [5, 5.41) is 0. The quantitative estimate of drug-likeness (QED) is 0.120. The molecule has 1 atom stereocenters. The van der Waals surface area contributed by atoms with Gasteiger partial charge in [-0.05, 0) is 78.0 Å². The number of carbonyl (C=O) groups excluding carboxylic acids is 2. The van der Waals surface area contributed by atoms with E-state index in [1.165, 1.54) is 0 Å². The van der Waals surface area contributed by atoms with Crippen LogP contribution in [0.2, 0.25) is 0 Å². The Bertz CT molecular complexity index is 1280. The van der Waals surface area contributed by atoms with Crippen LogP contribution in [0.5, 0.6) is 0 Å². The van der Waals surface area contributed by atoms with Crippen LogP contribution >= 0.6 is 7.82 Å². The molecule has 0 aliphatic carbocycles. The van der Waals surface area contributed by atoms with Crippen LogP contribution in [-0.4, -0.2) is 31.3 Å². The predicted molar refractivity (Wildman–Crippen MR) is 142 cm³/mol. The summed E-state index contributed by atoms with van der Waals surface area (Å²) < 4.78 is 24.0. The van der Waals surface area contributed by atoms with E-state index in [9.17, 15) is 23.9 Å². The first kappa shape index (κ1) is 38.7. The van der Waals surface area contributed by atoms with Gasteiger partial charge in [0.2, 0.25) is 0 Å². The molecule has 0 rings (SSSR count). The van der Waals surface area contributed by atoms with Gasteiger partial charge in [-0.15, -0.1) is 6.42 Å². The summed E-state index contributed by atoms with van der Waals surface area (Å²) in [6.07, 6.45) is 3.40. The van der Waals surface area contributed by atoms with Gasteiger partial charge < -0.3 is 34.5 Å². The molecule has 0 saturated carbocycles. The van der Waals surface area contributed by atoms with E-state index in [2.05, 4.69) is 80.3 Å². The van der Waals surface area contributed by atoms with Crippen LogP contribution in [0.25, 0.3) is 0 Å². The van der Waals surface area contributed by atoms with Gasteiger partial charge in [-0.2, -0.15) is 0 Å². The summed E-state index contributed by atoms with van der Waals surface area (Å²) in [6.45, 7) is 0.00419. The third-order valence-electron chi connectivity index (χ3n) is 2.18. The molecule has 3 N–H and O–H groups in total. The second-order valence-corrected chi connectivity index (χ2v) is 5.54. The maximum Gasteiger partial charge on any atom is 1.00 e. The van der Waals surface area contributed by atoms with Gasteiger partial charge in [0.25, 0.3) is 0 Å². The van der Waals surface area contributed by atoms with E-state index >= 15 is 0 Å². The summed E-state index contributed by atoms with van der Waals surface area (Å²) in [5.41, 5.74) is 0. The Balaban J connectivity index is -0.0000000263. The number of hydrogen-bond donors (Lipinski definition) is 1. The van der Waals surface area contributed by atoms with E-state index in [-0.39, 0.29) is 88.1 Å². The minimum atomic E-state index is -5.37. The standard InChI is InChI=1S/C22H11O8P.H3N.2Na.16H2/c1-3-5-7-9-11-13-14-16-21(23)28-18-20(19-29-31(25,26)27)30-22(24)17-15-12-10-8-6-4-2;;;;;;;;;;;;;;;;;;;/h2,20H,18-19H2,1H3,(H2,25,26,27);1H3;;;16*1H/q;;2*+1;;;;;;;;;;;;;;;;/p-2/t20-;;;;;;;;;;;;;;;;;;;/m1.................../s1. The number of rotatable bonds is 6. The summed E-state index contributed by atoms with van der Waals surface area (Å²) >= 11 is 0. The first-order valence-electron chi connectivity index (χ1n) is 7.72. The molecule has 0 bridgehead atoms. The van der Waals surface area contributed by atoms with E-state index in [0.717, 1.165) is 0 Å². The largest absolute Gasteiger partial charge is 1.00 e. The van der Waals surface area contributed by atoms with Crippen LogP contribution in [0.15, 0.2) is 0 Å². The Morgan fingerprint density at radius 1 is 0.853 bits per heavy atom. The topological polar surface area (TPSA) is 160 Å². The number of terminal acetylenes is 1. The van der Waals surface area contributed by atoms with Crippen molar-refractivity contribution in [2.24, 2.45) is 0 Å². The number of ether oxygens (including phenoxy) is 2. The smallest absolute Gasteiger partial charge is 0.790 e. The minimum Gasteiger partial charge on any atom is -0.790 e. The molecule has 0 spiro atoms. The van der Waals surface area contributed by atoms with Crippen molar-refractivity contribution in [2.75, 3.05) is 13.2 Å². The monoisotopic (exact) mass is 527 g/mol. The van der Waals surface area contributed by atoms with Gasteiger partial charge in [-0.25, -0.2) is 9.59 Å². The molecular formula is C22H44NNa2O8P. The fourth-order valence-corrected chi connectivity index (χ4v) is 1.51. The van der Waals surface area contributed by atoms with Crippen molar-refractivity contribution < 1.29 is 120 Å². The Labute approximate surface area is 266 Å². The number of hydrogen-bond acceptors (Lipinski definition) is 9. The molecule has 12 heteroatoms. The van der Waals surface area contributed by atoms with Crippen molar-refractivity contribution in [3.05, 3.63) is 0 Å². The van der Waals surface area contributed by atoms with Crippen molar-refractivity contribution >= 4 is 19.8 Å². The first-order chi connectivity index (χ1) is 14.8. The van der Waals surface area contributed by atoms with Gasteiger partial charge >= 0.3 is 71.1 Å². The molecule has 0 aromatic carbocycles. The SMILES string of the molecule is C#CC#CC#CC#CC(=O)O[C@H](COC(=O)C#CC#CC#CC#CC)COP(=O)([O-])[O-].N.[HH].[HH].[HH].[HH].[HH].[HH].[HH].[HH].[HH].[HH].[HH].[HH].[HH].[HH].[HH].[HH].[Na+].[Na+]. The third kappa shape index (κ3) is 27.5.